The highest BCUT2D eigenvalue weighted by atomic mass is 14.4. The monoisotopic (exact) mass is 210 g/mol. The van der Waals surface area contributed by atoms with E-state index in [2.05, 4.69) is 12.1 Å². The minimum atomic E-state index is -1.07. The van der Waals surface area contributed by atoms with Gasteiger partial charge in [-0.05, 0) is 12.5 Å². The van der Waals surface area contributed by atoms with Crippen molar-refractivity contribution in [3.63, 3.8) is 0 Å². The maximum atomic E-state index is 9.22. The average Bonchev–Trinajstić information content (AvgIpc) is 2.36. The van der Waals surface area contributed by atoms with Crippen molar-refractivity contribution in [3.05, 3.63) is 48.0 Å². The highest BCUT2D eigenvalue weighted by Gasteiger charge is 2.34. The van der Waals surface area contributed by atoms with Gasteiger partial charge in [-0.2, -0.15) is 10.5 Å². The molecule has 0 aliphatic rings. The van der Waals surface area contributed by atoms with E-state index in [1.165, 1.54) is 0 Å². The van der Waals surface area contributed by atoms with E-state index in [1.807, 2.05) is 44.2 Å². The summed E-state index contributed by atoms with van der Waals surface area (Å²) in [5.74, 6) is -0.139. The molecule has 1 aromatic rings. The second kappa shape index (κ2) is 5.14. The van der Waals surface area contributed by atoms with Crippen molar-refractivity contribution in [2.24, 2.45) is 5.41 Å². The Morgan fingerprint density at radius 2 is 1.75 bits per heavy atom. The Bertz CT molecular complexity index is 432. The summed E-state index contributed by atoms with van der Waals surface area (Å²) in [5, 5.41) is 18.4. The number of nitrogens with zero attached hydrogens (tertiary/aromatic N) is 2. The summed E-state index contributed by atoms with van der Waals surface area (Å²) in [4.78, 5) is 0. The lowest BCUT2D eigenvalue weighted by molar-refractivity contribution is 0.537. The van der Waals surface area contributed by atoms with Crippen molar-refractivity contribution in [1.82, 2.24) is 0 Å². The van der Waals surface area contributed by atoms with Crippen molar-refractivity contribution in [2.45, 2.75) is 19.8 Å². The van der Waals surface area contributed by atoms with Gasteiger partial charge in [0.15, 0.2) is 5.41 Å². The van der Waals surface area contributed by atoms with Crippen molar-refractivity contribution in [3.8, 4) is 12.1 Å². The molecule has 0 fully saturated rings. The number of allylic oxidation sites excluding steroid dienone is 2. The van der Waals surface area contributed by atoms with E-state index in [4.69, 9.17) is 0 Å². The van der Waals surface area contributed by atoms with E-state index in [9.17, 15) is 10.5 Å². The molecule has 1 atom stereocenters. The third-order valence-electron chi connectivity index (χ3n) is 2.78. The summed E-state index contributed by atoms with van der Waals surface area (Å²) in [5.41, 5.74) is -0.0699. The second-order valence-corrected chi connectivity index (χ2v) is 3.72. The lowest BCUT2D eigenvalue weighted by Gasteiger charge is -2.22. The van der Waals surface area contributed by atoms with Gasteiger partial charge in [0.1, 0.15) is 0 Å². The fourth-order valence-corrected chi connectivity index (χ4v) is 1.71. The van der Waals surface area contributed by atoms with Gasteiger partial charge in [-0.3, -0.25) is 0 Å². The molecule has 0 N–H and O–H groups in total. The summed E-state index contributed by atoms with van der Waals surface area (Å²) in [6.07, 6.45) is 3.43. The molecule has 0 spiro atoms. The molecule has 1 aromatic carbocycles. The van der Waals surface area contributed by atoms with Crippen molar-refractivity contribution in [1.29, 1.82) is 10.5 Å². The first-order chi connectivity index (χ1) is 7.70. The zero-order valence-electron chi connectivity index (χ0n) is 9.51. The molecule has 0 heterocycles. The molecule has 2 heteroatoms. The highest BCUT2D eigenvalue weighted by Crippen LogP contribution is 2.36. The van der Waals surface area contributed by atoms with Crippen LogP contribution < -0.4 is 0 Å². The summed E-state index contributed by atoms with van der Waals surface area (Å²) >= 11 is 0. The van der Waals surface area contributed by atoms with Gasteiger partial charge in [-0.15, -0.1) is 0 Å². The standard InChI is InChI=1S/C14H14N2/c1-3-9-14(10-15,11-16)12(2)13-7-5-4-6-8-13/h3-9,12H,1-2H3. The molecule has 2 nitrogen and oxygen atoms in total. The van der Waals surface area contributed by atoms with Gasteiger partial charge < -0.3 is 0 Å². The predicted octanol–water partition coefficient (Wildman–Crippen LogP) is 3.40. The lowest BCUT2D eigenvalue weighted by atomic mass is 9.75. The Balaban J connectivity index is 3.18. The highest BCUT2D eigenvalue weighted by molar-refractivity contribution is 5.35. The van der Waals surface area contributed by atoms with Crippen LogP contribution in [0.3, 0.4) is 0 Å². The molecule has 0 amide bonds. The first-order valence-corrected chi connectivity index (χ1v) is 5.21. The molecular formula is C14H14N2. The lowest BCUT2D eigenvalue weighted by Crippen LogP contribution is -2.21. The van der Waals surface area contributed by atoms with Crippen molar-refractivity contribution >= 4 is 0 Å². The van der Waals surface area contributed by atoms with Gasteiger partial charge in [-0.25, -0.2) is 0 Å². The smallest absolute Gasteiger partial charge is 0.168 e. The Labute approximate surface area is 96.4 Å². The van der Waals surface area contributed by atoms with E-state index in [0.717, 1.165) is 5.56 Å². The van der Waals surface area contributed by atoms with Gasteiger partial charge in [0, 0.05) is 5.92 Å². The van der Waals surface area contributed by atoms with Gasteiger partial charge in [-0.1, -0.05) is 49.4 Å². The number of benzene rings is 1. The average molecular weight is 210 g/mol. The van der Waals surface area contributed by atoms with E-state index in [0.29, 0.717) is 0 Å². The third-order valence-corrected chi connectivity index (χ3v) is 2.78. The Hall–Kier alpha value is -2.06. The molecule has 1 rings (SSSR count). The fourth-order valence-electron chi connectivity index (χ4n) is 1.71. The zero-order chi connectivity index (χ0) is 12.0. The fraction of sp³-hybridized carbons (Fsp3) is 0.286. The van der Waals surface area contributed by atoms with E-state index < -0.39 is 5.41 Å². The number of rotatable bonds is 3. The minimum Gasteiger partial charge on any atom is -0.196 e. The molecule has 0 saturated carbocycles. The van der Waals surface area contributed by atoms with Crippen molar-refractivity contribution < 1.29 is 0 Å². The molecule has 0 aliphatic carbocycles. The molecule has 0 radical (unpaired) electrons. The van der Waals surface area contributed by atoms with Crippen LogP contribution in [0.4, 0.5) is 0 Å². The van der Waals surface area contributed by atoms with Crippen LogP contribution in [0.5, 0.6) is 0 Å². The summed E-state index contributed by atoms with van der Waals surface area (Å²) in [6, 6.07) is 13.9. The molecular weight excluding hydrogens is 196 g/mol. The largest absolute Gasteiger partial charge is 0.196 e. The Morgan fingerprint density at radius 3 is 2.19 bits per heavy atom. The van der Waals surface area contributed by atoms with E-state index >= 15 is 0 Å². The first kappa shape index (κ1) is 12.0. The maximum Gasteiger partial charge on any atom is 0.168 e. The van der Waals surface area contributed by atoms with Crippen LogP contribution in [0.1, 0.15) is 25.3 Å². The topological polar surface area (TPSA) is 47.6 Å². The molecule has 0 bridgehead atoms. The van der Waals surface area contributed by atoms with Gasteiger partial charge in [0.25, 0.3) is 0 Å². The van der Waals surface area contributed by atoms with Gasteiger partial charge >= 0.3 is 0 Å². The van der Waals surface area contributed by atoms with Crippen LogP contribution in [0.15, 0.2) is 42.5 Å². The maximum absolute atomic E-state index is 9.22. The molecule has 16 heavy (non-hydrogen) atoms. The van der Waals surface area contributed by atoms with Crippen LogP contribution in [-0.2, 0) is 0 Å². The molecule has 1 unspecified atom stereocenters. The molecule has 0 saturated heterocycles. The number of nitriles is 2. The molecule has 0 aliphatic heterocycles. The van der Waals surface area contributed by atoms with Crippen LogP contribution in [0.25, 0.3) is 0 Å². The number of hydrogen-bond acceptors (Lipinski definition) is 2. The second-order valence-electron chi connectivity index (χ2n) is 3.72. The SMILES string of the molecule is CC=CC(C#N)(C#N)C(C)c1ccccc1. The van der Waals surface area contributed by atoms with Crippen LogP contribution in [0.2, 0.25) is 0 Å². The van der Waals surface area contributed by atoms with Crippen LogP contribution in [-0.4, -0.2) is 0 Å². The number of hydrogen-bond donors (Lipinski definition) is 0. The molecule has 80 valence electrons. The van der Waals surface area contributed by atoms with Gasteiger partial charge in [0.2, 0.25) is 0 Å². The Morgan fingerprint density at radius 1 is 1.19 bits per heavy atom. The normalized spacial score (nSPS) is 13.0. The molecule has 0 aromatic heterocycles. The zero-order valence-corrected chi connectivity index (χ0v) is 9.51. The minimum absolute atomic E-state index is 0.139. The summed E-state index contributed by atoms with van der Waals surface area (Å²) in [6.45, 7) is 3.73. The quantitative estimate of drug-likeness (QED) is 0.718. The van der Waals surface area contributed by atoms with Crippen LogP contribution >= 0.6 is 0 Å². The third kappa shape index (κ3) is 2.12. The summed E-state index contributed by atoms with van der Waals surface area (Å²) < 4.78 is 0. The van der Waals surface area contributed by atoms with Crippen molar-refractivity contribution in [2.75, 3.05) is 0 Å². The van der Waals surface area contributed by atoms with E-state index in [1.54, 1.807) is 12.2 Å². The first-order valence-electron chi connectivity index (χ1n) is 5.21. The van der Waals surface area contributed by atoms with E-state index in [-0.39, 0.29) is 5.92 Å². The predicted molar refractivity (Wildman–Crippen MR) is 63.3 cm³/mol. The Kier molecular flexibility index (Phi) is 3.86. The summed E-state index contributed by atoms with van der Waals surface area (Å²) in [7, 11) is 0. The van der Waals surface area contributed by atoms with Gasteiger partial charge in [0.05, 0.1) is 12.1 Å². The van der Waals surface area contributed by atoms with Crippen LogP contribution in [0, 0.1) is 28.1 Å².